The molecule has 1 aliphatic heterocycles. The first kappa shape index (κ1) is 19.0. The molecule has 132 valence electrons. The number of amides is 2. The van der Waals surface area contributed by atoms with Gasteiger partial charge in [-0.2, -0.15) is 0 Å². The Morgan fingerprint density at radius 3 is 2.54 bits per heavy atom. The van der Waals surface area contributed by atoms with Gasteiger partial charge in [0, 0.05) is 13.1 Å². The summed E-state index contributed by atoms with van der Waals surface area (Å²) in [6.45, 7) is 5.45. The highest BCUT2D eigenvalue weighted by atomic mass is 35.5. The molecule has 2 atom stereocenters. The second-order valence-corrected chi connectivity index (χ2v) is 7.17. The van der Waals surface area contributed by atoms with Crippen LogP contribution in [0.5, 0.6) is 0 Å². The minimum atomic E-state index is -0.382. The molecular weight excluding hydrogens is 351 g/mol. The molecule has 1 fully saturated rings. The molecule has 2 amide bonds. The normalized spacial score (nSPS) is 20.8. The number of hydrogen-bond donors (Lipinski definition) is 1. The molecule has 1 N–H and O–H groups in total. The van der Waals surface area contributed by atoms with Crippen molar-refractivity contribution in [2.45, 2.75) is 20.3 Å². The number of rotatable bonds is 5. The highest BCUT2D eigenvalue weighted by Crippen LogP contribution is 2.29. The number of anilines is 1. The Bertz CT molecular complexity index is 599. The third-order valence-corrected chi connectivity index (χ3v) is 4.72. The highest BCUT2D eigenvalue weighted by molar-refractivity contribution is 6.43. The van der Waals surface area contributed by atoms with Gasteiger partial charge in [-0.1, -0.05) is 43.1 Å². The number of carbonyl (C=O) groups excluding carboxylic acids is 2. The molecule has 5 nitrogen and oxygen atoms in total. The molecule has 1 aromatic carbocycles. The van der Waals surface area contributed by atoms with Crippen LogP contribution in [0.4, 0.5) is 5.69 Å². The van der Waals surface area contributed by atoms with Gasteiger partial charge < -0.3 is 15.0 Å². The van der Waals surface area contributed by atoms with Crippen molar-refractivity contribution in [3.63, 3.8) is 0 Å². The van der Waals surface area contributed by atoms with Crippen molar-refractivity contribution in [2.24, 2.45) is 11.8 Å². The zero-order chi connectivity index (χ0) is 17.7. The zero-order valence-corrected chi connectivity index (χ0v) is 15.4. The fraction of sp³-hybridized carbons (Fsp3) is 0.529. The van der Waals surface area contributed by atoms with Crippen molar-refractivity contribution in [3.05, 3.63) is 28.2 Å². The summed E-state index contributed by atoms with van der Waals surface area (Å²) in [6.07, 6.45) is 1.13. The molecular formula is C17H22Cl2N2O3. The molecule has 1 aliphatic rings. The summed E-state index contributed by atoms with van der Waals surface area (Å²) in [4.78, 5) is 25.8. The van der Waals surface area contributed by atoms with Gasteiger partial charge in [-0.15, -0.1) is 0 Å². The third kappa shape index (κ3) is 5.36. The van der Waals surface area contributed by atoms with Crippen LogP contribution in [0.2, 0.25) is 10.0 Å². The Balaban J connectivity index is 1.76. The Morgan fingerprint density at radius 2 is 1.88 bits per heavy atom. The largest absolute Gasteiger partial charge is 0.362 e. The Hall–Kier alpha value is -1.30. The summed E-state index contributed by atoms with van der Waals surface area (Å²) in [5.41, 5.74) is 0.419. The lowest BCUT2D eigenvalue weighted by Gasteiger charge is -2.34. The van der Waals surface area contributed by atoms with E-state index in [0.717, 1.165) is 19.5 Å². The number of likely N-dealkylation sites (tertiary alicyclic amines) is 1. The van der Waals surface area contributed by atoms with Gasteiger partial charge in [0.25, 0.3) is 0 Å². The van der Waals surface area contributed by atoms with E-state index in [9.17, 15) is 9.59 Å². The van der Waals surface area contributed by atoms with Crippen molar-refractivity contribution >= 4 is 40.7 Å². The van der Waals surface area contributed by atoms with Gasteiger partial charge in [0.2, 0.25) is 11.8 Å². The fourth-order valence-corrected chi connectivity index (χ4v) is 3.32. The van der Waals surface area contributed by atoms with Gasteiger partial charge in [-0.25, -0.2) is 0 Å². The van der Waals surface area contributed by atoms with E-state index < -0.39 is 0 Å². The molecule has 7 heteroatoms. The van der Waals surface area contributed by atoms with Crippen molar-refractivity contribution in [1.29, 1.82) is 0 Å². The monoisotopic (exact) mass is 372 g/mol. The van der Waals surface area contributed by atoms with Gasteiger partial charge >= 0.3 is 0 Å². The Morgan fingerprint density at radius 1 is 1.21 bits per heavy atom. The van der Waals surface area contributed by atoms with Crippen LogP contribution in [-0.2, 0) is 14.3 Å². The number of hydrogen-bond acceptors (Lipinski definition) is 3. The van der Waals surface area contributed by atoms with Crippen LogP contribution >= 0.6 is 23.2 Å². The third-order valence-electron chi connectivity index (χ3n) is 3.91. The number of nitrogens with one attached hydrogen (secondary N) is 1. The minimum Gasteiger partial charge on any atom is -0.362 e. The van der Waals surface area contributed by atoms with Crippen LogP contribution in [-0.4, -0.2) is 43.0 Å². The molecule has 1 aromatic rings. The van der Waals surface area contributed by atoms with E-state index in [1.54, 1.807) is 18.2 Å². The molecule has 0 radical (unpaired) electrons. The van der Waals surface area contributed by atoms with Gasteiger partial charge in [-0.3, -0.25) is 9.59 Å². The molecule has 0 aromatic heterocycles. The minimum absolute atomic E-state index is 0.0815. The maximum absolute atomic E-state index is 12.2. The number of halogens is 2. The van der Waals surface area contributed by atoms with Crippen molar-refractivity contribution in [1.82, 2.24) is 4.90 Å². The SMILES string of the molecule is CC1CC(C)CN(C(=O)COCC(=O)Nc2cccc(Cl)c2Cl)C1. The average molecular weight is 373 g/mol. The number of nitrogens with zero attached hydrogens (tertiary/aromatic N) is 1. The molecule has 24 heavy (non-hydrogen) atoms. The molecule has 1 heterocycles. The van der Waals surface area contributed by atoms with E-state index in [2.05, 4.69) is 19.2 Å². The number of carbonyl (C=O) groups is 2. The molecule has 1 saturated heterocycles. The van der Waals surface area contributed by atoms with Crippen LogP contribution in [0.15, 0.2) is 18.2 Å². The zero-order valence-electron chi connectivity index (χ0n) is 13.9. The standard InChI is InChI=1S/C17H22Cl2N2O3/c1-11-6-12(2)8-21(7-11)16(23)10-24-9-15(22)20-14-5-3-4-13(18)17(14)19/h3-5,11-12H,6-10H2,1-2H3,(H,20,22). The quantitative estimate of drug-likeness (QED) is 0.860. The lowest BCUT2D eigenvalue weighted by Crippen LogP contribution is -2.44. The van der Waals surface area contributed by atoms with E-state index in [1.165, 1.54) is 0 Å². The van der Waals surface area contributed by atoms with Crippen LogP contribution in [0, 0.1) is 11.8 Å². The topological polar surface area (TPSA) is 58.6 Å². The number of ether oxygens (including phenoxy) is 1. The lowest BCUT2D eigenvalue weighted by molar-refractivity contribution is -0.140. The molecule has 2 rings (SSSR count). The first-order valence-electron chi connectivity index (χ1n) is 7.96. The van der Waals surface area contributed by atoms with Crippen LogP contribution in [0.1, 0.15) is 20.3 Å². The smallest absolute Gasteiger partial charge is 0.250 e. The molecule has 2 unspecified atom stereocenters. The summed E-state index contributed by atoms with van der Waals surface area (Å²) in [6, 6.07) is 4.97. The fourth-order valence-electron chi connectivity index (χ4n) is 2.98. The number of benzene rings is 1. The van der Waals surface area contributed by atoms with Gasteiger partial charge in [0.15, 0.2) is 0 Å². The van der Waals surface area contributed by atoms with E-state index in [1.807, 2.05) is 4.90 Å². The first-order valence-corrected chi connectivity index (χ1v) is 8.71. The molecule has 0 aliphatic carbocycles. The maximum atomic E-state index is 12.2. The van der Waals surface area contributed by atoms with Crippen LogP contribution < -0.4 is 5.32 Å². The summed E-state index contributed by atoms with van der Waals surface area (Å²) in [7, 11) is 0. The lowest BCUT2D eigenvalue weighted by atomic mass is 9.92. The van der Waals surface area contributed by atoms with Crippen molar-refractivity contribution < 1.29 is 14.3 Å². The maximum Gasteiger partial charge on any atom is 0.250 e. The molecule has 0 bridgehead atoms. The van der Waals surface area contributed by atoms with E-state index >= 15 is 0 Å². The second-order valence-electron chi connectivity index (χ2n) is 6.39. The Kier molecular flexibility index (Phi) is 6.90. The molecule has 0 spiro atoms. The summed E-state index contributed by atoms with van der Waals surface area (Å²) in [5.74, 6) is 0.520. The summed E-state index contributed by atoms with van der Waals surface area (Å²) >= 11 is 11.9. The second kappa shape index (κ2) is 8.70. The van der Waals surface area contributed by atoms with E-state index in [0.29, 0.717) is 22.5 Å². The predicted molar refractivity (Wildman–Crippen MR) is 95.4 cm³/mol. The van der Waals surface area contributed by atoms with Crippen LogP contribution in [0.3, 0.4) is 0 Å². The van der Waals surface area contributed by atoms with Gasteiger partial charge in [0.05, 0.1) is 15.7 Å². The molecule has 0 saturated carbocycles. The predicted octanol–water partition coefficient (Wildman–Crippen LogP) is 3.45. The average Bonchev–Trinajstić information content (AvgIpc) is 2.51. The van der Waals surface area contributed by atoms with Crippen molar-refractivity contribution in [3.8, 4) is 0 Å². The van der Waals surface area contributed by atoms with E-state index in [-0.39, 0.29) is 30.1 Å². The van der Waals surface area contributed by atoms with Crippen molar-refractivity contribution in [2.75, 3.05) is 31.6 Å². The first-order chi connectivity index (χ1) is 11.4. The van der Waals surface area contributed by atoms with Gasteiger partial charge in [-0.05, 0) is 30.4 Å². The summed E-state index contributed by atoms with van der Waals surface area (Å²) < 4.78 is 5.24. The number of piperidine rings is 1. The Labute approximate surface area is 152 Å². The van der Waals surface area contributed by atoms with E-state index in [4.69, 9.17) is 27.9 Å². The highest BCUT2D eigenvalue weighted by Gasteiger charge is 2.25. The summed E-state index contributed by atoms with van der Waals surface area (Å²) in [5, 5.41) is 3.25. The van der Waals surface area contributed by atoms with Gasteiger partial charge in [0.1, 0.15) is 13.2 Å². The van der Waals surface area contributed by atoms with Crippen LogP contribution in [0.25, 0.3) is 0 Å².